The number of anilines is 1. The molecule has 1 aliphatic rings. The lowest BCUT2D eigenvalue weighted by atomic mass is 10.1. The molecule has 0 saturated carbocycles. The topological polar surface area (TPSA) is 55.4 Å². The molecule has 2 rings (SSSR count). The highest BCUT2D eigenvalue weighted by Gasteiger charge is 2.33. The number of benzene rings is 1. The summed E-state index contributed by atoms with van der Waals surface area (Å²) in [5, 5.41) is 2.23. The Labute approximate surface area is 108 Å². The molecule has 0 spiro atoms. The van der Waals surface area contributed by atoms with E-state index >= 15 is 0 Å². The Morgan fingerprint density at radius 3 is 2.53 bits per heavy atom. The van der Waals surface area contributed by atoms with Crippen LogP contribution in [0.4, 0.5) is 14.5 Å². The van der Waals surface area contributed by atoms with Crippen molar-refractivity contribution in [1.82, 2.24) is 0 Å². The molecule has 1 atom stereocenters. The van der Waals surface area contributed by atoms with E-state index in [9.17, 15) is 18.4 Å². The van der Waals surface area contributed by atoms with Gasteiger partial charge in [0, 0.05) is 13.0 Å². The Balaban J connectivity index is 2.39. The zero-order chi connectivity index (χ0) is 14.2. The van der Waals surface area contributed by atoms with E-state index < -0.39 is 29.4 Å². The molecule has 0 aromatic heterocycles. The second-order valence-corrected chi connectivity index (χ2v) is 4.49. The van der Waals surface area contributed by atoms with Gasteiger partial charge in [-0.25, -0.2) is 8.78 Å². The molecule has 1 unspecified atom stereocenters. The molecule has 0 heterocycles. The normalized spacial score (nSPS) is 16.9. The van der Waals surface area contributed by atoms with Crippen molar-refractivity contribution in [1.29, 1.82) is 0 Å². The fourth-order valence-corrected chi connectivity index (χ4v) is 2.33. The number of rotatable bonds is 2. The molecule has 1 aromatic carbocycles. The van der Waals surface area contributed by atoms with Crippen molar-refractivity contribution in [3.63, 3.8) is 0 Å². The van der Waals surface area contributed by atoms with E-state index in [1.54, 1.807) is 0 Å². The maximum absolute atomic E-state index is 14.1. The van der Waals surface area contributed by atoms with Crippen LogP contribution in [0.25, 0.3) is 0 Å². The first kappa shape index (κ1) is 13.5. The lowest BCUT2D eigenvalue weighted by Crippen LogP contribution is -2.16. The quantitative estimate of drug-likeness (QED) is 0.833. The van der Waals surface area contributed by atoms with E-state index in [2.05, 4.69) is 10.1 Å². The molecule has 1 amide bonds. The van der Waals surface area contributed by atoms with Crippen LogP contribution in [0.5, 0.6) is 0 Å². The fraction of sp³-hybridized carbons (Fsp3) is 0.385. The summed E-state index contributed by atoms with van der Waals surface area (Å²) < 4.78 is 32.6. The highest BCUT2D eigenvalue weighted by Crippen LogP contribution is 2.35. The second-order valence-electron chi connectivity index (χ2n) is 4.49. The van der Waals surface area contributed by atoms with E-state index in [1.165, 1.54) is 14.0 Å². The minimum absolute atomic E-state index is 0.0815. The first-order valence-corrected chi connectivity index (χ1v) is 5.79. The summed E-state index contributed by atoms with van der Waals surface area (Å²) in [6.45, 7) is 1.21. The van der Waals surface area contributed by atoms with Crippen LogP contribution in [0.15, 0.2) is 6.07 Å². The summed E-state index contributed by atoms with van der Waals surface area (Å²) in [5.74, 6) is -2.85. The predicted octanol–water partition coefficient (Wildman–Crippen LogP) is 1.81. The number of ether oxygens (including phenoxy) is 1. The first-order chi connectivity index (χ1) is 8.93. The van der Waals surface area contributed by atoms with Gasteiger partial charge in [0.25, 0.3) is 0 Å². The number of hydrogen-bond donors (Lipinski definition) is 1. The molecule has 0 aliphatic heterocycles. The lowest BCUT2D eigenvalue weighted by Gasteiger charge is -2.09. The van der Waals surface area contributed by atoms with Crippen LogP contribution in [-0.2, 0) is 27.2 Å². The van der Waals surface area contributed by atoms with Crippen molar-refractivity contribution < 1.29 is 23.1 Å². The molecule has 6 heteroatoms. The monoisotopic (exact) mass is 269 g/mol. The smallest absolute Gasteiger partial charge is 0.309 e. The molecule has 1 N–H and O–H groups in total. The van der Waals surface area contributed by atoms with Crippen molar-refractivity contribution in [2.75, 3.05) is 12.4 Å². The molecule has 0 radical (unpaired) electrons. The van der Waals surface area contributed by atoms with Crippen LogP contribution >= 0.6 is 0 Å². The molecule has 1 aromatic rings. The maximum Gasteiger partial charge on any atom is 0.309 e. The number of esters is 1. The van der Waals surface area contributed by atoms with E-state index in [0.717, 1.165) is 6.07 Å². The number of methoxy groups -OCH3 is 1. The number of halogens is 2. The van der Waals surface area contributed by atoms with Gasteiger partial charge in [0.05, 0.1) is 18.7 Å². The first-order valence-electron chi connectivity index (χ1n) is 5.79. The zero-order valence-corrected chi connectivity index (χ0v) is 10.5. The molecule has 4 nitrogen and oxygen atoms in total. The second kappa shape index (κ2) is 4.95. The summed E-state index contributed by atoms with van der Waals surface area (Å²) >= 11 is 0. The number of hydrogen-bond acceptors (Lipinski definition) is 3. The third kappa shape index (κ3) is 2.43. The van der Waals surface area contributed by atoms with Crippen LogP contribution in [0.3, 0.4) is 0 Å². The summed E-state index contributed by atoms with van der Waals surface area (Å²) in [6.07, 6.45) is 0.198. The Morgan fingerprint density at radius 1 is 1.32 bits per heavy atom. The van der Waals surface area contributed by atoms with E-state index in [-0.39, 0.29) is 29.7 Å². The van der Waals surface area contributed by atoms with Crippen molar-refractivity contribution >= 4 is 17.6 Å². The third-order valence-electron chi connectivity index (χ3n) is 3.17. The Kier molecular flexibility index (Phi) is 3.50. The van der Waals surface area contributed by atoms with Gasteiger partial charge in [-0.15, -0.1) is 0 Å². The van der Waals surface area contributed by atoms with Gasteiger partial charge >= 0.3 is 5.97 Å². The van der Waals surface area contributed by atoms with E-state index in [1.807, 2.05) is 0 Å². The Bertz CT molecular complexity index is 557. The molecule has 102 valence electrons. The van der Waals surface area contributed by atoms with Gasteiger partial charge in [-0.3, -0.25) is 9.59 Å². The third-order valence-corrected chi connectivity index (χ3v) is 3.17. The Hall–Kier alpha value is -1.98. The van der Waals surface area contributed by atoms with Gasteiger partial charge in [-0.2, -0.15) is 0 Å². The predicted molar refractivity (Wildman–Crippen MR) is 63.6 cm³/mol. The van der Waals surface area contributed by atoms with Crippen LogP contribution in [-0.4, -0.2) is 19.0 Å². The van der Waals surface area contributed by atoms with Gasteiger partial charge in [-0.05, 0) is 24.0 Å². The van der Waals surface area contributed by atoms with Crippen LogP contribution in [0, 0.1) is 17.6 Å². The lowest BCUT2D eigenvalue weighted by molar-refractivity contribution is -0.145. The molecular formula is C13H13F2NO3. The average Bonchev–Trinajstić information content (AvgIpc) is 2.79. The van der Waals surface area contributed by atoms with E-state index in [4.69, 9.17) is 0 Å². The SMILES string of the molecule is COC(=O)C1Cc2c(F)cc(NC(C)=O)c(F)c2C1. The van der Waals surface area contributed by atoms with Crippen LogP contribution < -0.4 is 5.32 Å². The highest BCUT2D eigenvalue weighted by molar-refractivity contribution is 5.89. The standard InChI is InChI=1S/C13H13F2NO3/c1-6(17)16-11-5-10(14)8-3-7(13(18)19-2)4-9(8)12(11)15/h5,7H,3-4H2,1-2H3,(H,16,17). The number of carbonyl (C=O) groups is 2. The van der Waals surface area contributed by atoms with Gasteiger partial charge in [-0.1, -0.05) is 0 Å². The summed E-state index contributed by atoms with van der Waals surface area (Å²) in [7, 11) is 1.24. The van der Waals surface area contributed by atoms with Crippen LogP contribution in [0.2, 0.25) is 0 Å². The molecule has 0 saturated heterocycles. The van der Waals surface area contributed by atoms with Crippen molar-refractivity contribution in [3.05, 3.63) is 28.8 Å². The largest absolute Gasteiger partial charge is 0.469 e. The number of fused-ring (bicyclic) bond motifs is 1. The molecule has 19 heavy (non-hydrogen) atoms. The molecular weight excluding hydrogens is 256 g/mol. The summed E-state index contributed by atoms with van der Waals surface area (Å²) in [6, 6.07) is 0.940. The van der Waals surface area contributed by atoms with Crippen molar-refractivity contribution in [3.8, 4) is 0 Å². The summed E-state index contributed by atoms with van der Waals surface area (Å²) in [4.78, 5) is 22.4. The maximum atomic E-state index is 14.1. The van der Waals surface area contributed by atoms with Crippen molar-refractivity contribution in [2.45, 2.75) is 19.8 Å². The zero-order valence-electron chi connectivity index (χ0n) is 10.5. The molecule has 0 fully saturated rings. The van der Waals surface area contributed by atoms with Gasteiger partial charge in [0.15, 0.2) is 0 Å². The Morgan fingerprint density at radius 2 is 1.95 bits per heavy atom. The minimum atomic E-state index is -0.682. The summed E-state index contributed by atoms with van der Waals surface area (Å²) in [5.41, 5.74) is 0.121. The minimum Gasteiger partial charge on any atom is -0.469 e. The molecule has 1 aliphatic carbocycles. The number of amides is 1. The van der Waals surface area contributed by atoms with Gasteiger partial charge < -0.3 is 10.1 Å². The van der Waals surface area contributed by atoms with Crippen molar-refractivity contribution in [2.24, 2.45) is 5.92 Å². The van der Waals surface area contributed by atoms with Gasteiger partial charge in [0.2, 0.25) is 5.91 Å². The van der Waals surface area contributed by atoms with Crippen LogP contribution in [0.1, 0.15) is 18.1 Å². The molecule has 0 bridgehead atoms. The van der Waals surface area contributed by atoms with E-state index in [0.29, 0.717) is 0 Å². The van der Waals surface area contributed by atoms with Gasteiger partial charge in [0.1, 0.15) is 11.6 Å². The number of nitrogens with one attached hydrogen (secondary N) is 1. The average molecular weight is 269 g/mol. The number of carbonyl (C=O) groups excluding carboxylic acids is 2. The highest BCUT2D eigenvalue weighted by atomic mass is 19.1. The fourth-order valence-electron chi connectivity index (χ4n) is 2.33.